The van der Waals surface area contributed by atoms with Crippen LogP contribution in [0.3, 0.4) is 0 Å². The second-order valence-electron chi connectivity index (χ2n) is 9.47. The molecule has 0 N–H and O–H groups in total. The third-order valence-electron chi connectivity index (χ3n) is 7.74. The van der Waals surface area contributed by atoms with Crippen LogP contribution in [-0.2, 0) is 21.7 Å². The lowest BCUT2D eigenvalue weighted by Crippen LogP contribution is -2.52. The molecule has 1 saturated heterocycles. The Bertz CT molecular complexity index is 1030. The zero-order valence-corrected chi connectivity index (χ0v) is 18.2. The highest BCUT2D eigenvalue weighted by atomic mass is 16.2. The van der Waals surface area contributed by atoms with E-state index in [1.165, 1.54) is 0 Å². The number of hydrogen-bond acceptors (Lipinski definition) is 3. The van der Waals surface area contributed by atoms with Gasteiger partial charge in [-0.3, -0.25) is 14.5 Å². The third-order valence-corrected chi connectivity index (χ3v) is 7.74. The largest absolute Gasteiger partial charge is 0.306 e. The van der Waals surface area contributed by atoms with Gasteiger partial charge in [-0.1, -0.05) is 68.0 Å². The molecule has 4 heteroatoms. The van der Waals surface area contributed by atoms with Crippen molar-refractivity contribution in [2.24, 2.45) is 5.41 Å². The fraction of sp³-hybridized carbons (Fsp3) is 0.407. The molecule has 3 atom stereocenters. The molecule has 160 valence electrons. The summed E-state index contributed by atoms with van der Waals surface area (Å²) in [6.07, 6.45) is 5.99. The van der Waals surface area contributed by atoms with Crippen LogP contribution < -0.4 is 4.90 Å². The molecule has 1 unspecified atom stereocenters. The van der Waals surface area contributed by atoms with Crippen molar-refractivity contribution in [3.05, 3.63) is 78.4 Å². The lowest BCUT2D eigenvalue weighted by molar-refractivity contribution is -0.129. The lowest BCUT2D eigenvalue weighted by atomic mass is 9.73. The van der Waals surface area contributed by atoms with Crippen LogP contribution in [0, 0.1) is 5.41 Å². The minimum atomic E-state index is -0.800. The number of nitrogens with zero attached hydrogens (tertiary/aromatic N) is 2. The molecule has 5 rings (SSSR count). The SMILES string of the molecule is C=CCN1C2CCCCC(=O)[C@@]2(C)C[C@]12C(=O)N(Cc1ccccc1)c1ccccc12. The van der Waals surface area contributed by atoms with Crippen molar-refractivity contribution < 1.29 is 9.59 Å². The van der Waals surface area contributed by atoms with Gasteiger partial charge in [-0.25, -0.2) is 0 Å². The molecule has 1 spiro atoms. The quantitative estimate of drug-likeness (QED) is 0.673. The van der Waals surface area contributed by atoms with Crippen LogP contribution in [0.1, 0.15) is 50.2 Å². The Labute approximate surface area is 184 Å². The second-order valence-corrected chi connectivity index (χ2v) is 9.47. The van der Waals surface area contributed by atoms with E-state index < -0.39 is 11.0 Å². The molecule has 2 aliphatic heterocycles. The number of para-hydroxylation sites is 1. The summed E-state index contributed by atoms with van der Waals surface area (Å²) in [6, 6.07) is 18.4. The van der Waals surface area contributed by atoms with Crippen LogP contribution in [0.5, 0.6) is 0 Å². The summed E-state index contributed by atoms with van der Waals surface area (Å²) in [7, 11) is 0. The first kappa shape index (κ1) is 20.2. The van der Waals surface area contributed by atoms with Crippen LogP contribution in [-0.4, -0.2) is 29.2 Å². The van der Waals surface area contributed by atoms with Gasteiger partial charge in [-0.15, -0.1) is 6.58 Å². The molecule has 2 aromatic rings. The highest BCUT2D eigenvalue weighted by Gasteiger charge is 2.67. The number of likely N-dealkylation sites (tertiary alicyclic amines) is 1. The van der Waals surface area contributed by atoms with Crippen LogP contribution >= 0.6 is 0 Å². The van der Waals surface area contributed by atoms with Gasteiger partial charge in [-0.2, -0.15) is 0 Å². The molecule has 0 aromatic heterocycles. The number of fused-ring (bicyclic) bond motifs is 3. The normalized spacial score (nSPS) is 30.4. The van der Waals surface area contributed by atoms with Crippen molar-refractivity contribution in [3.63, 3.8) is 0 Å². The van der Waals surface area contributed by atoms with Gasteiger partial charge in [-0.05, 0) is 30.9 Å². The Morgan fingerprint density at radius 1 is 1.06 bits per heavy atom. The van der Waals surface area contributed by atoms with Gasteiger partial charge in [0, 0.05) is 35.7 Å². The molecule has 1 amide bonds. The number of amides is 1. The lowest BCUT2D eigenvalue weighted by Gasteiger charge is -2.37. The molecule has 4 nitrogen and oxygen atoms in total. The first-order chi connectivity index (χ1) is 15.0. The maximum absolute atomic E-state index is 14.3. The number of rotatable bonds is 4. The highest BCUT2D eigenvalue weighted by Crippen LogP contribution is 2.59. The summed E-state index contributed by atoms with van der Waals surface area (Å²) in [5.41, 5.74) is 1.81. The molecule has 1 aliphatic carbocycles. The van der Waals surface area contributed by atoms with Crippen molar-refractivity contribution in [3.8, 4) is 0 Å². The van der Waals surface area contributed by atoms with Gasteiger partial charge in [0.2, 0.25) is 0 Å². The summed E-state index contributed by atoms with van der Waals surface area (Å²) in [4.78, 5) is 31.9. The predicted molar refractivity (Wildman–Crippen MR) is 123 cm³/mol. The van der Waals surface area contributed by atoms with E-state index in [-0.39, 0.29) is 11.9 Å². The Balaban J connectivity index is 1.66. The van der Waals surface area contributed by atoms with Crippen molar-refractivity contribution >= 4 is 17.4 Å². The standard InChI is InChI=1S/C27H30N2O2/c1-3-17-29-23-15-9-10-16-24(30)26(23,2)19-27(29)21-13-7-8-14-22(21)28(25(27)31)18-20-11-5-4-6-12-20/h3-8,11-14,23H,1,9-10,15-19H2,2H3/t23?,26-,27-/m0/s1. The number of benzene rings is 2. The molecule has 3 aliphatic rings. The average Bonchev–Trinajstić information content (AvgIpc) is 3.10. The Morgan fingerprint density at radius 3 is 2.58 bits per heavy atom. The number of Topliss-reactive ketones (excluding diaryl/α,β-unsaturated/α-hetero) is 1. The second kappa shape index (κ2) is 7.45. The van der Waals surface area contributed by atoms with Gasteiger partial charge in [0.1, 0.15) is 11.3 Å². The molecule has 0 bridgehead atoms. The Kier molecular flexibility index (Phi) is 4.86. The summed E-state index contributed by atoms with van der Waals surface area (Å²) in [6.45, 7) is 7.24. The van der Waals surface area contributed by atoms with E-state index in [0.29, 0.717) is 31.7 Å². The van der Waals surface area contributed by atoms with E-state index in [9.17, 15) is 9.59 Å². The van der Waals surface area contributed by atoms with E-state index in [0.717, 1.165) is 36.1 Å². The molecule has 31 heavy (non-hydrogen) atoms. The monoisotopic (exact) mass is 414 g/mol. The van der Waals surface area contributed by atoms with Crippen LogP contribution in [0.25, 0.3) is 0 Å². The van der Waals surface area contributed by atoms with Crippen molar-refractivity contribution in [2.45, 2.75) is 57.2 Å². The van der Waals surface area contributed by atoms with Crippen LogP contribution in [0.4, 0.5) is 5.69 Å². The average molecular weight is 415 g/mol. The molecule has 2 fully saturated rings. The van der Waals surface area contributed by atoms with Gasteiger partial charge in [0.05, 0.1) is 6.54 Å². The van der Waals surface area contributed by atoms with Gasteiger partial charge < -0.3 is 4.90 Å². The predicted octanol–water partition coefficient (Wildman–Crippen LogP) is 4.84. The van der Waals surface area contributed by atoms with Crippen molar-refractivity contribution in [2.75, 3.05) is 11.4 Å². The van der Waals surface area contributed by atoms with Gasteiger partial charge in [0.25, 0.3) is 5.91 Å². The first-order valence-electron chi connectivity index (χ1n) is 11.4. The Hall–Kier alpha value is -2.72. The summed E-state index contributed by atoms with van der Waals surface area (Å²) in [5, 5.41) is 0. The molecule has 1 saturated carbocycles. The Morgan fingerprint density at radius 2 is 1.81 bits per heavy atom. The highest BCUT2D eigenvalue weighted by molar-refractivity contribution is 6.09. The maximum Gasteiger partial charge on any atom is 0.252 e. The van der Waals surface area contributed by atoms with Gasteiger partial charge in [0.15, 0.2) is 0 Å². The summed E-state index contributed by atoms with van der Waals surface area (Å²) in [5.74, 6) is 0.411. The number of carbonyl (C=O) groups is 2. The number of ketones is 1. The minimum absolute atomic E-state index is 0.0641. The number of carbonyl (C=O) groups excluding carboxylic acids is 2. The first-order valence-corrected chi connectivity index (χ1v) is 11.4. The van der Waals surface area contributed by atoms with E-state index in [2.05, 4.69) is 42.7 Å². The molecular weight excluding hydrogens is 384 g/mol. The molecule has 2 aromatic carbocycles. The molecule has 2 heterocycles. The third kappa shape index (κ3) is 2.85. The molecule has 0 radical (unpaired) electrons. The zero-order chi connectivity index (χ0) is 21.6. The zero-order valence-electron chi connectivity index (χ0n) is 18.2. The smallest absolute Gasteiger partial charge is 0.252 e. The van der Waals surface area contributed by atoms with Crippen LogP contribution in [0.15, 0.2) is 67.3 Å². The maximum atomic E-state index is 14.3. The van der Waals surface area contributed by atoms with E-state index in [4.69, 9.17) is 0 Å². The number of anilines is 1. The van der Waals surface area contributed by atoms with Crippen molar-refractivity contribution in [1.29, 1.82) is 0 Å². The summed E-state index contributed by atoms with van der Waals surface area (Å²) >= 11 is 0. The fourth-order valence-corrected chi connectivity index (χ4v) is 6.33. The minimum Gasteiger partial charge on any atom is -0.306 e. The fourth-order valence-electron chi connectivity index (χ4n) is 6.33. The number of hydrogen-bond donors (Lipinski definition) is 0. The summed E-state index contributed by atoms with van der Waals surface area (Å²) < 4.78 is 0. The van der Waals surface area contributed by atoms with Crippen molar-refractivity contribution in [1.82, 2.24) is 4.90 Å². The van der Waals surface area contributed by atoms with Gasteiger partial charge >= 0.3 is 0 Å². The molecular formula is C27H30N2O2. The van der Waals surface area contributed by atoms with E-state index in [1.807, 2.05) is 41.3 Å². The van der Waals surface area contributed by atoms with E-state index >= 15 is 0 Å². The van der Waals surface area contributed by atoms with Crippen LogP contribution in [0.2, 0.25) is 0 Å². The van der Waals surface area contributed by atoms with E-state index in [1.54, 1.807) is 0 Å². The topological polar surface area (TPSA) is 40.6 Å².